The van der Waals surface area contributed by atoms with Crippen molar-refractivity contribution in [2.45, 2.75) is 33.0 Å². The van der Waals surface area contributed by atoms with Crippen LogP contribution in [0, 0.1) is 5.92 Å². The van der Waals surface area contributed by atoms with E-state index in [2.05, 4.69) is 5.32 Å². The molecule has 0 saturated carbocycles. The number of morpholine rings is 1. The van der Waals surface area contributed by atoms with E-state index in [1.807, 2.05) is 13.8 Å². The Kier molecular flexibility index (Phi) is 4.74. The Morgan fingerprint density at radius 3 is 2.41 bits per heavy atom. The first-order valence-electron chi connectivity index (χ1n) is 5.81. The smallest absolute Gasteiger partial charge is 0.317 e. The van der Waals surface area contributed by atoms with Crippen LogP contribution in [-0.4, -0.2) is 53.8 Å². The molecular formula is C11H20N2O4. The summed E-state index contributed by atoms with van der Waals surface area (Å²) in [6.45, 7) is 6.61. The molecule has 17 heavy (non-hydrogen) atoms. The van der Waals surface area contributed by atoms with Crippen LogP contribution < -0.4 is 5.32 Å². The molecule has 0 aromatic rings. The first kappa shape index (κ1) is 13.8. The van der Waals surface area contributed by atoms with Crippen LogP contribution in [0.4, 0.5) is 4.79 Å². The molecule has 1 aliphatic heterocycles. The number of rotatable bonds is 3. The van der Waals surface area contributed by atoms with Gasteiger partial charge in [-0.1, -0.05) is 6.92 Å². The summed E-state index contributed by atoms with van der Waals surface area (Å²) in [6.07, 6.45) is 0.0304. The number of hydrogen-bond donors (Lipinski definition) is 2. The van der Waals surface area contributed by atoms with Gasteiger partial charge in [-0.3, -0.25) is 4.79 Å². The Morgan fingerprint density at radius 2 is 1.94 bits per heavy atom. The van der Waals surface area contributed by atoms with Crippen molar-refractivity contribution >= 4 is 12.0 Å². The molecule has 0 bridgehead atoms. The molecule has 6 heteroatoms. The van der Waals surface area contributed by atoms with Crippen molar-refractivity contribution in [3.63, 3.8) is 0 Å². The van der Waals surface area contributed by atoms with E-state index >= 15 is 0 Å². The lowest BCUT2D eigenvalue weighted by atomic mass is 10.2. The highest BCUT2D eigenvalue weighted by Crippen LogP contribution is 2.10. The monoisotopic (exact) mass is 244 g/mol. The quantitative estimate of drug-likeness (QED) is 0.759. The largest absolute Gasteiger partial charge is 0.481 e. The minimum Gasteiger partial charge on any atom is -0.481 e. The lowest BCUT2D eigenvalue weighted by molar-refractivity contribution is -0.140. The fraction of sp³-hybridized carbons (Fsp3) is 0.818. The maximum absolute atomic E-state index is 11.8. The van der Waals surface area contributed by atoms with E-state index in [0.717, 1.165) is 0 Å². The van der Waals surface area contributed by atoms with Crippen molar-refractivity contribution in [3.8, 4) is 0 Å². The number of aliphatic carboxylic acids is 1. The van der Waals surface area contributed by atoms with Crippen LogP contribution in [0.25, 0.3) is 0 Å². The number of hydrogen-bond acceptors (Lipinski definition) is 3. The van der Waals surface area contributed by atoms with Crippen molar-refractivity contribution in [2.24, 2.45) is 5.92 Å². The van der Waals surface area contributed by atoms with E-state index in [1.54, 1.807) is 11.8 Å². The molecule has 0 spiro atoms. The Hall–Kier alpha value is -1.30. The number of urea groups is 1. The third-order valence-electron chi connectivity index (χ3n) is 2.69. The van der Waals surface area contributed by atoms with Gasteiger partial charge in [0.05, 0.1) is 18.1 Å². The summed E-state index contributed by atoms with van der Waals surface area (Å²) in [5.74, 6) is -1.48. The highest BCUT2D eigenvalue weighted by molar-refractivity contribution is 5.76. The first-order chi connectivity index (χ1) is 7.90. The van der Waals surface area contributed by atoms with E-state index < -0.39 is 11.9 Å². The zero-order valence-corrected chi connectivity index (χ0v) is 10.5. The Labute approximate surface area is 101 Å². The lowest BCUT2D eigenvalue weighted by Crippen LogP contribution is -2.52. The molecular weight excluding hydrogens is 224 g/mol. The Morgan fingerprint density at radius 1 is 1.41 bits per heavy atom. The van der Waals surface area contributed by atoms with Crippen molar-refractivity contribution < 1.29 is 19.4 Å². The van der Waals surface area contributed by atoms with Crippen molar-refractivity contribution in [1.82, 2.24) is 10.2 Å². The van der Waals surface area contributed by atoms with E-state index in [-0.39, 0.29) is 24.8 Å². The standard InChI is InChI=1S/C11H20N2O4/c1-7(10(14)15)4-12-11(16)13-5-8(2)17-9(3)6-13/h7-9H,4-6H2,1-3H3,(H,12,16)(H,14,15)/t7?,8-,9+. The molecule has 0 aliphatic carbocycles. The zero-order chi connectivity index (χ0) is 13.0. The van der Waals surface area contributed by atoms with E-state index in [0.29, 0.717) is 13.1 Å². The first-order valence-corrected chi connectivity index (χ1v) is 5.81. The maximum Gasteiger partial charge on any atom is 0.317 e. The third kappa shape index (κ3) is 4.22. The van der Waals surface area contributed by atoms with Gasteiger partial charge in [-0.15, -0.1) is 0 Å². The average molecular weight is 244 g/mol. The number of ether oxygens (including phenoxy) is 1. The maximum atomic E-state index is 11.8. The number of nitrogens with one attached hydrogen (secondary N) is 1. The van der Waals surface area contributed by atoms with E-state index in [9.17, 15) is 9.59 Å². The molecule has 1 heterocycles. The minimum atomic E-state index is -0.908. The van der Waals surface area contributed by atoms with Gasteiger partial charge in [0.15, 0.2) is 0 Å². The van der Waals surface area contributed by atoms with Gasteiger partial charge >= 0.3 is 12.0 Å². The van der Waals surface area contributed by atoms with Gasteiger partial charge in [0.25, 0.3) is 0 Å². The number of carboxylic acid groups (broad SMARTS) is 1. The van der Waals surface area contributed by atoms with Crippen LogP contribution in [0.2, 0.25) is 0 Å². The number of amides is 2. The molecule has 98 valence electrons. The molecule has 0 radical (unpaired) electrons. The minimum absolute atomic E-state index is 0.0152. The lowest BCUT2D eigenvalue weighted by Gasteiger charge is -2.35. The predicted octanol–water partition coefficient (Wildman–Crippen LogP) is 0.526. The van der Waals surface area contributed by atoms with Crippen molar-refractivity contribution in [3.05, 3.63) is 0 Å². The predicted molar refractivity (Wildman–Crippen MR) is 61.8 cm³/mol. The summed E-state index contributed by atoms with van der Waals surface area (Å²) < 4.78 is 5.51. The topological polar surface area (TPSA) is 78.9 Å². The molecule has 2 amide bonds. The summed E-state index contributed by atoms with van der Waals surface area (Å²) in [6, 6.07) is -0.222. The van der Waals surface area contributed by atoms with Crippen molar-refractivity contribution in [2.75, 3.05) is 19.6 Å². The molecule has 3 atom stereocenters. The van der Waals surface area contributed by atoms with Gasteiger partial charge in [0.1, 0.15) is 0 Å². The van der Waals surface area contributed by atoms with Crippen LogP contribution in [0.15, 0.2) is 0 Å². The number of carbonyl (C=O) groups is 2. The van der Waals surface area contributed by atoms with Crippen molar-refractivity contribution in [1.29, 1.82) is 0 Å². The second kappa shape index (κ2) is 5.86. The zero-order valence-electron chi connectivity index (χ0n) is 10.5. The van der Waals surface area contributed by atoms with E-state index in [1.165, 1.54) is 0 Å². The summed E-state index contributed by atoms with van der Waals surface area (Å²) >= 11 is 0. The molecule has 2 N–H and O–H groups in total. The Bertz CT molecular complexity index is 285. The van der Waals surface area contributed by atoms with Crippen LogP contribution in [-0.2, 0) is 9.53 Å². The normalized spacial score (nSPS) is 26.4. The second-order valence-electron chi connectivity index (χ2n) is 4.59. The highest BCUT2D eigenvalue weighted by Gasteiger charge is 2.26. The summed E-state index contributed by atoms with van der Waals surface area (Å²) in [5.41, 5.74) is 0. The number of carbonyl (C=O) groups excluding carboxylic acids is 1. The molecule has 1 unspecified atom stereocenters. The van der Waals surface area contributed by atoms with Crippen LogP contribution in [0.5, 0.6) is 0 Å². The Balaban J connectivity index is 2.39. The van der Waals surface area contributed by atoms with Gasteiger partial charge in [0, 0.05) is 19.6 Å². The fourth-order valence-electron chi connectivity index (χ4n) is 1.78. The average Bonchev–Trinajstić information content (AvgIpc) is 2.23. The highest BCUT2D eigenvalue weighted by atomic mass is 16.5. The molecule has 1 aliphatic rings. The number of nitrogens with zero attached hydrogens (tertiary/aromatic N) is 1. The summed E-state index contributed by atoms with van der Waals surface area (Å²) in [7, 11) is 0. The molecule has 0 aromatic heterocycles. The summed E-state index contributed by atoms with van der Waals surface area (Å²) in [5, 5.41) is 11.3. The van der Waals surface area contributed by atoms with E-state index in [4.69, 9.17) is 9.84 Å². The van der Waals surface area contributed by atoms with Gasteiger partial charge in [0.2, 0.25) is 0 Å². The van der Waals surface area contributed by atoms with Crippen LogP contribution in [0.1, 0.15) is 20.8 Å². The van der Waals surface area contributed by atoms with Crippen LogP contribution in [0.3, 0.4) is 0 Å². The molecule has 1 saturated heterocycles. The molecule has 1 rings (SSSR count). The van der Waals surface area contributed by atoms with Gasteiger partial charge < -0.3 is 20.1 Å². The van der Waals surface area contributed by atoms with Crippen LogP contribution >= 0.6 is 0 Å². The third-order valence-corrected chi connectivity index (χ3v) is 2.69. The second-order valence-corrected chi connectivity index (χ2v) is 4.59. The van der Waals surface area contributed by atoms with Gasteiger partial charge in [-0.2, -0.15) is 0 Å². The fourth-order valence-corrected chi connectivity index (χ4v) is 1.78. The molecule has 6 nitrogen and oxygen atoms in total. The molecule has 1 fully saturated rings. The molecule has 0 aromatic carbocycles. The SMILES string of the molecule is CC(CNC(=O)N1C[C@@H](C)O[C@@H](C)C1)C(=O)O. The number of carboxylic acids is 1. The summed E-state index contributed by atoms with van der Waals surface area (Å²) in [4.78, 5) is 24.1. The van der Waals surface area contributed by atoms with Gasteiger partial charge in [-0.05, 0) is 13.8 Å². The van der Waals surface area contributed by atoms with Gasteiger partial charge in [-0.25, -0.2) is 4.79 Å².